The molecular weight excluding hydrogens is 255 g/mol. The van der Waals surface area contributed by atoms with Gasteiger partial charge in [-0.2, -0.15) is 0 Å². The number of hydrogen-bond acceptors (Lipinski definition) is 4. The standard InChI is InChI=1S/C12H12FN2O2S/c1-12(2,3)17-11(16)15-10-14-8-6-4-5-7(13)9(8)18-10/h4-5H,1-3H3,(H,14,15,16). The molecule has 95 valence electrons. The lowest BCUT2D eigenvalue weighted by molar-refractivity contribution is 0.0636. The van der Waals surface area contributed by atoms with Gasteiger partial charge in [0.15, 0.2) is 5.13 Å². The van der Waals surface area contributed by atoms with Crippen LogP contribution in [-0.2, 0) is 4.74 Å². The molecule has 18 heavy (non-hydrogen) atoms. The van der Waals surface area contributed by atoms with Crippen molar-refractivity contribution in [2.75, 3.05) is 5.32 Å². The van der Waals surface area contributed by atoms with Crippen LogP contribution < -0.4 is 5.32 Å². The molecule has 0 saturated heterocycles. The molecule has 1 aromatic carbocycles. The number of rotatable bonds is 1. The Hall–Kier alpha value is -1.69. The molecule has 1 N–H and O–H groups in total. The SMILES string of the molecule is CC(C)(C)OC(=O)Nc1nc2[c]ccc(F)c2s1. The van der Waals surface area contributed by atoms with Gasteiger partial charge in [-0.05, 0) is 32.9 Å². The molecule has 0 aliphatic rings. The summed E-state index contributed by atoms with van der Waals surface area (Å²) in [6, 6.07) is 5.56. The molecule has 1 aromatic heterocycles. The molecule has 0 bridgehead atoms. The fourth-order valence-corrected chi connectivity index (χ4v) is 2.13. The number of hydrogen-bond donors (Lipinski definition) is 1. The largest absolute Gasteiger partial charge is 0.444 e. The molecule has 0 fully saturated rings. The van der Waals surface area contributed by atoms with Crippen LogP contribution in [0.25, 0.3) is 10.2 Å². The van der Waals surface area contributed by atoms with Gasteiger partial charge < -0.3 is 4.74 Å². The molecule has 6 heteroatoms. The van der Waals surface area contributed by atoms with E-state index >= 15 is 0 Å². The monoisotopic (exact) mass is 267 g/mol. The minimum absolute atomic E-state index is 0.292. The van der Waals surface area contributed by atoms with E-state index < -0.39 is 11.7 Å². The summed E-state index contributed by atoms with van der Waals surface area (Å²) in [6.07, 6.45) is -0.609. The molecule has 4 nitrogen and oxygen atoms in total. The van der Waals surface area contributed by atoms with E-state index in [4.69, 9.17) is 4.74 Å². The van der Waals surface area contributed by atoms with Gasteiger partial charge in [-0.1, -0.05) is 11.3 Å². The predicted octanol–water partition coefficient (Wildman–Crippen LogP) is 3.58. The first kappa shape index (κ1) is 12.8. The van der Waals surface area contributed by atoms with Crippen LogP contribution in [0.1, 0.15) is 20.8 Å². The van der Waals surface area contributed by atoms with Crippen LogP contribution in [0.2, 0.25) is 0 Å². The molecule has 0 unspecified atom stereocenters. The van der Waals surface area contributed by atoms with E-state index in [2.05, 4.69) is 16.4 Å². The molecule has 2 aromatic rings. The highest BCUT2D eigenvalue weighted by molar-refractivity contribution is 7.22. The number of nitrogens with one attached hydrogen (secondary N) is 1. The van der Waals surface area contributed by atoms with Crippen molar-refractivity contribution in [3.05, 3.63) is 24.0 Å². The van der Waals surface area contributed by atoms with Crippen LogP contribution in [0, 0.1) is 11.9 Å². The van der Waals surface area contributed by atoms with E-state index in [1.807, 2.05) is 0 Å². The van der Waals surface area contributed by atoms with E-state index in [0.29, 0.717) is 15.3 Å². The van der Waals surface area contributed by atoms with Crippen LogP contribution >= 0.6 is 11.3 Å². The molecule has 0 spiro atoms. The van der Waals surface area contributed by atoms with Gasteiger partial charge in [0, 0.05) is 6.07 Å². The number of carbonyl (C=O) groups is 1. The van der Waals surface area contributed by atoms with Gasteiger partial charge in [0.25, 0.3) is 0 Å². The third-order valence-corrected chi connectivity index (χ3v) is 2.88. The Morgan fingerprint density at radius 2 is 2.28 bits per heavy atom. The molecule has 0 aliphatic carbocycles. The lowest BCUT2D eigenvalue weighted by Gasteiger charge is -2.18. The zero-order chi connectivity index (χ0) is 13.3. The first-order chi connectivity index (χ1) is 8.35. The van der Waals surface area contributed by atoms with Crippen LogP contribution in [0.15, 0.2) is 12.1 Å². The number of halogens is 1. The van der Waals surface area contributed by atoms with E-state index in [1.165, 1.54) is 12.1 Å². The second-order valence-corrected chi connectivity index (χ2v) is 5.65. The van der Waals surface area contributed by atoms with E-state index in [0.717, 1.165) is 11.3 Å². The molecule has 0 saturated carbocycles. The van der Waals surface area contributed by atoms with Crippen molar-refractivity contribution in [1.82, 2.24) is 4.98 Å². The number of benzene rings is 1. The van der Waals surface area contributed by atoms with Crippen molar-refractivity contribution in [2.24, 2.45) is 0 Å². The van der Waals surface area contributed by atoms with Crippen LogP contribution in [0.3, 0.4) is 0 Å². The lowest BCUT2D eigenvalue weighted by Crippen LogP contribution is -2.27. The predicted molar refractivity (Wildman–Crippen MR) is 68.3 cm³/mol. The molecular formula is C12H12FN2O2S. The van der Waals surface area contributed by atoms with Gasteiger partial charge in [-0.3, -0.25) is 5.32 Å². The minimum atomic E-state index is -0.609. The van der Waals surface area contributed by atoms with E-state index in [9.17, 15) is 9.18 Å². The summed E-state index contributed by atoms with van der Waals surface area (Å²) in [5.41, 5.74) is -0.191. The normalized spacial score (nSPS) is 11.6. The number of fused-ring (bicyclic) bond motifs is 1. The Morgan fingerprint density at radius 3 is 2.89 bits per heavy atom. The van der Waals surface area contributed by atoms with Gasteiger partial charge in [0.1, 0.15) is 11.4 Å². The van der Waals surface area contributed by atoms with Crippen LogP contribution in [0.5, 0.6) is 0 Å². The zero-order valence-corrected chi connectivity index (χ0v) is 11.0. The first-order valence-electron chi connectivity index (χ1n) is 5.32. The number of thiazole rings is 1. The highest BCUT2D eigenvalue weighted by Gasteiger charge is 2.17. The van der Waals surface area contributed by atoms with E-state index in [1.54, 1.807) is 20.8 Å². The third-order valence-electron chi connectivity index (χ3n) is 1.90. The third kappa shape index (κ3) is 2.95. The first-order valence-corrected chi connectivity index (χ1v) is 6.13. The number of ether oxygens (including phenoxy) is 1. The second-order valence-electron chi connectivity index (χ2n) is 4.65. The molecule has 1 amide bonds. The highest BCUT2D eigenvalue weighted by atomic mass is 32.1. The minimum Gasteiger partial charge on any atom is -0.444 e. The fraction of sp³-hybridized carbons (Fsp3) is 0.333. The summed E-state index contributed by atoms with van der Waals surface area (Å²) in [4.78, 5) is 15.6. The summed E-state index contributed by atoms with van der Waals surface area (Å²) in [6.45, 7) is 5.29. The Morgan fingerprint density at radius 1 is 1.56 bits per heavy atom. The van der Waals surface area contributed by atoms with Crippen molar-refractivity contribution >= 4 is 32.8 Å². The van der Waals surface area contributed by atoms with Crippen LogP contribution in [-0.4, -0.2) is 16.7 Å². The Labute approximate surface area is 108 Å². The molecule has 1 radical (unpaired) electrons. The number of aromatic nitrogens is 1. The summed E-state index contributed by atoms with van der Waals surface area (Å²) in [7, 11) is 0. The molecule has 0 atom stereocenters. The lowest BCUT2D eigenvalue weighted by atomic mass is 10.2. The summed E-state index contributed by atoms with van der Waals surface area (Å²) in [5, 5.41) is 2.77. The Kier molecular flexibility index (Phi) is 3.21. The topological polar surface area (TPSA) is 51.2 Å². The van der Waals surface area contributed by atoms with Crippen LogP contribution in [0.4, 0.5) is 14.3 Å². The summed E-state index contributed by atoms with van der Waals surface area (Å²) >= 11 is 1.05. The summed E-state index contributed by atoms with van der Waals surface area (Å²) in [5.74, 6) is -0.376. The molecule has 0 aliphatic heterocycles. The smallest absolute Gasteiger partial charge is 0.413 e. The molecule has 2 rings (SSSR count). The van der Waals surface area contributed by atoms with Gasteiger partial charge in [-0.25, -0.2) is 14.2 Å². The van der Waals surface area contributed by atoms with Crippen molar-refractivity contribution in [1.29, 1.82) is 0 Å². The Bertz CT molecular complexity index is 589. The zero-order valence-electron chi connectivity index (χ0n) is 10.2. The van der Waals surface area contributed by atoms with Gasteiger partial charge >= 0.3 is 6.09 Å². The fourth-order valence-electron chi connectivity index (χ4n) is 1.29. The van der Waals surface area contributed by atoms with Crippen molar-refractivity contribution in [3.8, 4) is 0 Å². The number of amides is 1. The van der Waals surface area contributed by atoms with Gasteiger partial charge in [0.2, 0.25) is 0 Å². The summed E-state index contributed by atoms with van der Waals surface area (Å²) < 4.78 is 18.9. The van der Waals surface area contributed by atoms with Gasteiger partial charge in [-0.15, -0.1) is 0 Å². The average molecular weight is 267 g/mol. The van der Waals surface area contributed by atoms with Crippen molar-refractivity contribution in [3.63, 3.8) is 0 Å². The average Bonchev–Trinajstić information content (AvgIpc) is 2.58. The van der Waals surface area contributed by atoms with E-state index in [-0.39, 0.29) is 5.82 Å². The number of nitrogens with zero attached hydrogens (tertiary/aromatic N) is 1. The van der Waals surface area contributed by atoms with Crippen molar-refractivity contribution in [2.45, 2.75) is 26.4 Å². The maximum atomic E-state index is 13.4. The maximum Gasteiger partial charge on any atom is 0.413 e. The van der Waals surface area contributed by atoms with Gasteiger partial charge in [0.05, 0.1) is 10.2 Å². The number of anilines is 1. The second kappa shape index (κ2) is 4.53. The van der Waals surface area contributed by atoms with Crippen molar-refractivity contribution < 1.29 is 13.9 Å². The Balaban J connectivity index is 2.18. The molecule has 1 heterocycles. The maximum absolute atomic E-state index is 13.4. The highest BCUT2D eigenvalue weighted by Crippen LogP contribution is 2.27. The number of carbonyl (C=O) groups excluding carboxylic acids is 1. The quantitative estimate of drug-likeness (QED) is 0.859.